The second kappa shape index (κ2) is 3.88. The lowest BCUT2D eigenvalue weighted by Gasteiger charge is -2.08. The fourth-order valence-electron chi connectivity index (χ4n) is 1.67. The van der Waals surface area contributed by atoms with E-state index in [9.17, 15) is 9.18 Å². The van der Waals surface area contributed by atoms with E-state index in [1.54, 1.807) is 6.07 Å². The molecule has 1 unspecified atom stereocenters. The zero-order chi connectivity index (χ0) is 10.8. The van der Waals surface area contributed by atoms with Crippen molar-refractivity contribution in [2.24, 2.45) is 5.92 Å². The molecule has 4 heteroatoms. The van der Waals surface area contributed by atoms with Crippen LogP contribution in [-0.4, -0.2) is 17.7 Å². The quantitative estimate of drug-likeness (QED) is 0.769. The van der Waals surface area contributed by atoms with Crippen molar-refractivity contribution < 1.29 is 19.0 Å². The molecular formula is C11H11FO3. The van der Waals surface area contributed by atoms with Gasteiger partial charge in [-0.15, -0.1) is 0 Å². The molecule has 1 heterocycles. The molecule has 1 aliphatic heterocycles. The molecule has 15 heavy (non-hydrogen) atoms. The molecule has 2 rings (SSSR count). The number of halogens is 1. The summed E-state index contributed by atoms with van der Waals surface area (Å²) in [6.45, 7) is 0.117. The third-order valence-electron chi connectivity index (χ3n) is 2.58. The molecule has 0 saturated carbocycles. The first kappa shape index (κ1) is 9.96. The van der Waals surface area contributed by atoms with Gasteiger partial charge in [0.15, 0.2) is 0 Å². The van der Waals surface area contributed by atoms with Gasteiger partial charge >= 0.3 is 5.97 Å². The van der Waals surface area contributed by atoms with E-state index in [1.807, 2.05) is 0 Å². The van der Waals surface area contributed by atoms with Crippen LogP contribution in [0.25, 0.3) is 0 Å². The second-order valence-electron chi connectivity index (χ2n) is 3.64. The number of hydrogen-bond donors (Lipinski definition) is 1. The van der Waals surface area contributed by atoms with E-state index in [0.29, 0.717) is 18.6 Å². The molecular weight excluding hydrogens is 199 g/mol. The Morgan fingerprint density at radius 1 is 1.53 bits per heavy atom. The standard InChI is InChI=1S/C11H11FO3/c12-9-4-3-7-1-2-8(11(13)14)6-15-10(7)5-9/h3-5,8H,1-2,6H2,(H,13,14). The van der Waals surface area contributed by atoms with Gasteiger partial charge in [-0.25, -0.2) is 4.39 Å². The molecule has 80 valence electrons. The van der Waals surface area contributed by atoms with Crippen molar-refractivity contribution in [2.75, 3.05) is 6.61 Å². The number of carboxylic acids is 1. The molecule has 0 amide bonds. The Balaban J connectivity index is 2.21. The summed E-state index contributed by atoms with van der Waals surface area (Å²) in [7, 11) is 0. The molecule has 1 N–H and O–H groups in total. The Morgan fingerprint density at radius 3 is 3.07 bits per heavy atom. The van der Waals surface area contributed by atoms with Crippen molar-refractivity contribution in [3.05, 3.63) is 29.6 Å². The van der Waals surface area contributed by atoms with Gasteiger partial charge in [0.05, 0.1) is 5.92 Å². The van der Waals surface area contributed by atoms with Crippen molar-refractivity contribution in [3.8, 4) is 5.75 Å². The number of aliphatic carboxylic acids is 1. The van der Waals surface area contributed by atoms with Crippen LogP contribution in [0.15, 0.2) is 18.2 Å². The Kier molecular flexibility index (Phi) is 2.58. The smallest absolute Gasteiger partial charge is 0.309 e. The van der Waals surface area contributed by atoms with Gasteiger partial charge in [-0.05, 0) is 24.5 Å². The third kappa shape index (κ3) is 2.09. The molecule has 3 nitrogen and oxygen atoms in total. The number of hydrogen-bond acceptors (Lipinski definition) is 2. The van der Waals surface area contributed by atoms with Crippen LogP contribution in [0.1, 0.15) is 12.0 Å². The molecule has 1 aliphatic rings. The summed E-state index contributed by atoms with van der Waals surface area (Å²) in [5, 5.41) is 8.84. The van der Waals surface area contributed by atoms with Gasteiger partial charge in [0, 0.05) is 6.07 Å². The van der Waals surface area contributed by atoms with Gasteiger partial charge < -0.3 is 9.84 Å². The fourth-order valence-corrected chi connectivity index (χ4v) is 1.67. The van der Waals surface area contributed by atoms with Crippen LogP contribution >= 0.6 is 0 Å². The van der Waals surface area contributed by atoms with Crippen molar-refractivity contribution in [3.63, 3.8) is 0 Å². The van der Waals surface area contributed by atoms with Crippen molar-refractivity contribution in [2.45, 2.75) is 12.8 Å². The van der Waals surface area contributed by atoms with Gasteiger partial charge in [0.25, 0.3) is 0 Å². The summed E-state index contributed by atoms with van der Waals surface area (Å²) in [6.07, 6.45) is 1.15. The zero-order valence-corrected chi connectivity index (χ0v) is 8.07. The summed E-state index contributed by atoms with van der Waals surface area (Å²) in [5.41, 5.74) is 0.875. The number of carboxylic acid groups (broad SMARTS) is 1. The molecule has 1 atom stereocenters. The maximum absolute atomic E-state index is 12.9. The predicted octanol–water partition coefficient (Wildman–Crippen LogP) is 1.85. The van der Waals surface area contributed by atoms with Gasteiger partial charge in [-0.3, -0.25) is 4.79 Å². The van der Waals surface area contributed by atoms with Crippen LogP contribution in [0.5, 0.6) is 5.75 Å². The number of aryl methyl sites for hydroxylation is 1. The minimum absolute atomic E-state index is 0.117. The number of ether oxygens (including phenoxy) is 1. The number of rotatable bonds is 1. The Labute approximate surface area is 86.5 Å². The minimum atomic E-state index is -0.858. The van der Waals surface area contributed by atoms with Gasteiger partial charge in [0.1, 0.15) is 18.2 Å². The van der Waals surface area contributed by atoms with Crippen molar-refractivity contribution in [1.29, 1.82) is 0 Å². The SMILES string of the molecule is O=C(O)C1CCc2ccc(F)cc2OC1. The maximum Gasteiger partial charge on any atom is 0.309 e. The lowest BCUT2D eigenvalue weighted by atomic mass is 10.0. The van der Waals surface area contributed by atoms with E-state index in [0.717, 1.165) is 5.56 Å². The fraction of sp³-hybridized carbons (Fsp3) is 0.364. The van der Waals surface area contributed by atoms with Crippen molar-refractivity contribution >= 4 is 5.97 Å². The monoisotopic (exact) mass is 210 g/mol. The summed E-state index contributed by atoms with van der Waals surface area (Å²) >= 11 is 0. The Bertz CT molecular complexity index is 389. The molecule has 0 aliphatic carbocycles. The maximum atomic E-state index is 12.9. The van der Waals surface area contributed by atoms with E-state index in [-0.39, 0.29) is 12.4 Å². The molecule has 0 fully saturated rings. The predicted molar refractivity (Wildman–Crippen MR) is 51.3 cm³/mol. The van der Waals surface area contributed by atoms with Gasteiger partial charge in [-0.1, -0.05) is 6.07 Å². The van der Waals surface area contributed by atoms with Crippen LogP contribution in [-0.2, 0) is 11.2 Å². The molecule has 0 aromatic heterocycles. The normalized spacial score (nSPS) is 19.9. The average molecular weight is 210 g/mol. The Hall–Kier alpha value is -1.58. The van der Waals surface area contributed by atoms with Gasteiger partial charge in [0.2, 0.25) is 0 Å². The first-order valence-electron chi connectivity index (χ1n) is 4.81. The van der Waals surface area contributed by atoms with E-state index in [4.69, 9.17) is 9.84 Å². The first-order valence-corrected chi connectivity index (χ1v) is 4.81. The van der Waals surface area contributed by atoms with E-state index >= 15 is 0 Å². The van der Waals surface area contributed by atoms with Crippen LogP contribution in [0.4, 0.5) is 4.39 Å². The summed E-state index contributed by atoms with van der Waals surface area (Å²) in [6, 6.07) is 4.32. The first-order chi connectivity index (χ1) is 7.16. The highest BCUT2D eigenvalue weighted by Crippen LogP contribution is 2.26. The largest absolute Gasteiger partial charge is 0.492 e. The molecule has 1 aromatic carbocycles. The lowest BCUT2D eigenvalue weighted by molar-refractivity contribution is -0.142. The molecule has 0 saturated heterocycles. The van der Waals surface area contributed by atoms with Crippen molar-refractivity contribution in [1.82, 2.24) is 0 Å². The highest BCUT2D eigenvalue weighted by atomic mass is 19.1. The average Bonchev–Trinajstić information content (AvgIpc) is 2.39. The third-order valence-corrected chi connectivity index (χ3v) is 2.58. The highest BCUT2D eigenvalue weighted by Gasteiger charge is 2.22. The second-order valence-corrected chi connectivity index (χ2v) is 3.64. The lowest BCUT2D eigenvalue weighted by Crippen LogP contribution is -2.20. The topological polar surface area (TPSA) is 46.5 Å². The molecule has 1 aromatic rings. The van der Waals surface area contributed by atoms with E-state index < -0.39 is 11.9 Å². The van der Waals surface area contributed by atoms with Crippen LogP contribution < -0.4 is 4.74 Å². The van der Waals surface area contributed by atoms with Crippen LogP contribution in [0.2, 0.25) is 0 Å². The van der Waals surface area contributed by atoms with E-state index in [2.05, 4.69) is 0 Å². The Morgan fingerprint density at radius 2 is 2.33 bits per heavy atom. The summed E-state index contributed by atoms with van der Waals surface area (Å²) in [5.74, 6) is -1.25. The molecule has 0 bridgehead atoms. The number of fused-ring (bicyclic) bond motifs is 1. The van der Waals surface area contributed by atoms with Crippen LogP contribution in [0.3, 0.4) is 0 Å². The zero-order valence-electron chi connectivity index (χ0n) is 8.07. The van der Waals surface area contributed by atoms with Gasteiger partial charge in [-0.2, -0.15) is 0 Å². The summed E-state index contributed by atoms with van der Waals surface area (Å²) < 4.78 is 18.2. The highest BCUT2D eigenvalue weighted by molar-refractivity contribution is 5.70. The van der Waals surface area contributed by atoms with Crippen LogP contribution in [0, 0.1) is 11.7 Å². The number of benzene rings is 1. The molecule has 0 radical (unpaired) electrons. The van der Waals surface area contributed by atoms with E-state index in [1.165, 1.54) is 12.1 Å². The molecule has 0 spiro atoms. The minimum Gasteiger partial charge on any atom is -0.492 e. The summed E-state index contributed by atoms with van der Waals surface area (Å²) in [4.78, 5) is 10.8. The number of carbonyl (C=O) groups is 1.